The summed E-state index contributed by atoms with van der Waals surface area (Å²) in [6.45, 7) is 2.44. The molecule has 4 unspecified atom stereocenters. The Kier molecular flexibility index (Phi) is 7.59. The number of fused-ring (bicyclic) bond motifs is 17. The molecule has 0 N–H and O–H groups in total. The van der Waals surface area contributed by atoms with Crippen LogP contribution in [0.15, 0.2) is 248 Å². The van der Waals surface area contributed by atoms with Crippen LogP contribution >= 0.6 is 0 Å². The van der Waals surface area contributed by atoms with E-state index in [9.17, 15) is 0 Å². The van der Waals surface area contributed by atoms with E-state index in [1.807, 2.05) is 0 Å². The zero-order valence-electron chi connectivity index (χ0n) is 40.0. The Morgan fingerprint density at radius 1 is 0.411 bits per heavy atom. The maximum Gasteiger partial charge on any atom is 0.136 e. The number of rotatable bonds is 2. The predicted molar refractivity (Wildman–Crippen MR) is 292 cm³/mol. The van der Waals surface area contributed by atoms with Gasteiger partial charge in [0.25, 0.3) is 0 Å². The molecule has 0 fully saturated rings. The first-order valence-corrected chi connectivity index (χ1v) is 25.7. The van der Waals surface area contributed by atoms with Crippen LogP contribution in [0.5, 0.6) is 23.0 Å². The zero-order chi connectivity index (χ0) is 47.8. The minimum Gasteiger partial charge on any atom is -0.457 e. The summed E-state index contributed by atoms with van der Waals surface area (Å²) in [5.41, 5.74) is 23.1. The molecule has 73 heavy (non-hydrogen) atoms. The molecule has 10 aromatic rings. The lowest BCUT2D eigenvalue weighted by molar-refractivity contribution is 0.366. The highest BCUT2D eigenvalue weighted by atomic mass is 16.5. The molecule has 7 aliphatic rings. The number of ether oxygens (including phenoxy) is 2. The Hall–Kier alpha value is -8.92. The molecule has 2 spiro atoms. The molecule has 4 aliphatic carbocycles. The normalized spacial score (nSPS) is 21.4. The number of nitrogens with zero attached hydrogens (tertiary/aromatic N) is 1. The van der Waals surface area contributed by atoms with Gasteiger partial charge in [-0.3, -0.25) is 0 Å². The molecule has 3 aliphatic heterocycles. The fourth-order valence-electron chi connectivity index (χ4n) is 15.3. The molecule has 3 nitrogen and oxygen atoms in total. The number of para-hydroxylation sites is 4. The summed E-state index contributed by atoms with van der Waals surface area (Å²) in [5, 5.41) is 0. The highest BCUT2D eigenvalue weighted by Crippen LogP contribution is 2.68. The predicted octanol–water partition coefficient (Wildman–Crippen LogP) is 16.9. The van der Waals surface area contributed by atoms with Crippen molar-refractivity contribution in [3.8, 4) is 56.4 Å². The van der Waals surface area contributed by atoms with Crippen molar-refractivity contribution in [2.45, 2.75) is 29.1 Å². The number of hydrogen-bond acceptors (Lipinski definition) is 3. The Bertz CT molecular complexity index is 4130. The quantitative estimate of drug-likeness (QED) is 0.172. The fourth-order valence-corrected chi connectivity index (χ4v) is 15.3. The average Bonchev–Trinajstić information content (AvgIpc) is 4.02. The van der Waals surface area contributed by atoms with E-state index < -0.39 is 16.2 Å². The molecular weight excluding hydrogens is 887 g/mol. The maximum absolute atomic E-state index is 7.35. The molecule has 0 saturated heterocycles. The number of anilines is 2. The van der Waals surface area contributed by atoms with Gasteiger partial charge in [0.1, 0.15) is 23.0 Å². The van der Waals surface area contributed by atoms with Gasteiger partial charge in [-0.15, -0.1) is 0 Å². The minimum absolute atomic E-state index is 0.0479. The van der Waals surface area contributed by atoms with Gasteiger partial charge in [-0.05, 0) is 122 Å². The first-order chi connectivity index (χ1) is 36.1. The van der Waals surface area contributed by atoms with E-state index in [4.69, 9.17) is 9.47 Å². The smallest absolute Gasteiger partial charge is 0.136 e. The van der Waals surface area contributed by atoms with Crippen molar-refractivity contribution < 1.29 is 9.47 Å². The van der Waals surface area contributed by atoms with E-state index in [0.717, 1.165) is 40.1 Å². The largest absolute Gasteiger partial charge is 0.457 e. The Balaban J connectivity index is 0.933. The van der Waals surface area contributed by atoms with Crippen LogP contribution in [0.25, 0.3) is 33.4 Å². The molecule has 4 atom stereocenters. The monoisotopic (exact) mass is 931 g/mol. The van der Waals surface area contributed by atoms with Gasteiger partial charge in [0, 0.05) is 62.1 Å². The van der Waals surface area contributed by atoms with Gasteiger partial charge < -0.3 is 14.4 Å². The summed E-state index contributed by atoms with van der Waals surface area (Å²) in [6.07, 6.45) is 7.51. The molecule has 0 amide bonds. The van der Waals surface area contributed by atoms with E-state index in [-0.39, 0.29) is 11.8 Å². The highest BCUT2D eigenvalue weighted by molar-refractivity contribution is 5.97. The molecule has 3 heterocycles. The molecule has 0 radical (unpaired) electrons. The van der Waals surface area contributed by atoms with Crippen molar-refractivity contribution in [3.05, 3.63) is 310 Å². The van der Waals surface area contributed by atoms with Crippen molar-refractivity contribution in [3.63, 3.8) is 0 Å². The summed E-state index contributed by atoms with van der Waals surface area (Å²) in [5.74, 6) is 3.91. The third-order valence-corrected chi connectivity index (χ3v) is 18.1. The van der Waals surface area contributed by atoms with Crippen LogP contribution in [0.1, 0.15) is 74.0 Å². The average molecular weight is 932 g/mol. The maximum atomic E-state index is 7.35. The van der Waals surface area contributed by atoms with Gasteiger partial charge in [0.15, 0.2) is 0 Å². The first kappa shape index (κ1) is 39.8. The standard InChI is InChI=1S/C70H45NO2/c1-68-52-23-5-2-19-47(52)49-37-35-44(40-61(49)68)71(45-36-38-50-48-20-3-6-24-53(48)70(62(50)41-45)57-28-10-13-34-65(57)73-67-59(68)30-16-31-60(67)70)43-18-14-17-42(39-43)46-22-15-29-58-66(46)51-21-4-7-25-54(51)69(58)55-26-8-11-32-63(55)72-64-33-12-9-27-56(64)69/h2-41,50,62H,1H3. The van der Waals surface area contributed by atoms with Gasteiger partial charge in [-0.25, -0.2) is 0 Å². The molecule has 0 aromatic heterocycles. The lowest BCUT2D eigenvalue weighted by atomic mass is 9.60. The second-order valence-electron chi connectivity index (χ2n) is 21.1. The number of hydrogen-bond donors (Lipinski definition) is 0. The third kappa shape index (κ3) is 4.73. The van der Waals surface area contributed by atoms with Gasteiger partial charge >= 0.3 is 0 Å². The summed E-state index contributed by atoms with van der Waals surface area (Å²) in [6, 6.07) is 83.9. The van der Waals surface area contributed by atoms with E-state index in [1.54, 1.807) is 0 Å². The Morgan fingerprint density at radius 2 is 0.986 bits per heavy atom. The number of allylic oxidation sites excluding steroid dienone is 3. The van der Waals surface area contributed by atoms with E-state index in [1.165, 1.54) is 94.6 Å². The number of benzene rings is 10. The second kappa shape index (κ2) is 13.9. The second-order valence-corrected chi connectivity index (χ2v) is 21.1. The van der Waals surface area contributed by atoms with Gasteiger partial charge in [-0.1, -0.05) is 194 Å². The van der Waals surface area contributed by atoms with Crippen LogP contribution in [0.4, 0.5) is 11.4 Å². The van der Waals surface area contributed by atoms with E-state index >= 15 is 0 Å². The van der Waals surface area contributed by atoms with Crippen LogP contribution in [0.2, 0.25) is 0 Å². The molecule has 8 bridgehead atoms. The lowest BCUT2D eigenvalue weighted by Gasteiger charge is -2.45. The van der Waals surface area contributed by atoms with Crippen molar-refractivity contribution >= 4 is 11.4 Å². The molecule has 342 valence electrons. The summed E-state index contributed by atoms with van der Waals surface area (Å²) < 4.78 is 14.1. The zero-order valence-corrected chi connectivity index (χ0v) is 40.0. The molecular formula is C70H45NO2. The summed E-state index contributed by atoms with van der Waals surface area (Å²) in [4.78, 5) is 2.54. The van der Waals surface area contributed by atoms with Crippen molar-refractivity contribution in [1.82, 2.24) is 0 Å². The van der Waals surface area contributed by atoms with Crippen molar-refractivity contribution in [1.29, 1.82) is 0 Å². The summed E-state index contributed by atoms with van der Waals surface area (Å²) in [7, 11) is 0. The highest BCUT2D eigenvalue weighted by Gasteiger charge is 2.59. The molecule has 0 saturated carbocycles. The van der Waals surface area contributed by atoms with E-state index in [0.29, 0.717) is 0 Å². The topological polar surface area (TPSA) is 21.7 Å². The molecule has 17 rings (SSSR count). The van der Waals surface area contributed by atoms with Crippen molar-refractivity contribution in [2.24, 2.45) is 5.92 Å². The fraction of sp³-hybridized carbons (Fsp3) is 0.0857. The summed E-state index contributed by atoms with van der Waals surface area (Å²) >= 11 is 0. The van der Waals surface area contributed by atoms with Gasteiger partial charge in [-0.2, -0.15) is 0 Å². The SMILES string of the molecule is CC12c3ccccc3-c3ccc(cc31)N(c1cccc(-c3cccc4c3-c3ccccc3C43c4ccccc4Oc4ccccc43)c1)C1=CC3C(C=C1)c1ccccc1C31c3ccccc3Oc3c2cccc31. The van der Waals surface area contributed by atoms with Crippen molar-refractivity contribution in [2.75, 3.05) is 4.90 Å². The lowest BCUT2D eigenvalue weighted by Crippen LogP contribution is -2.39. The minimum atomic E-state index is -0.555. The van der Waals surface area contributed by atoms with Crippen LogP contribution < -0.4 is 14.4 Å². The molecule has 3 heteroatoms. The van der Waals surface area contributed by atoms with Crippen LogP contribution in [0, 0.1) is 5.92 Å². The third-order valence-electron chi connectivity index (χ3n) is 18.1. The van der Waals surface area contributed by atoms with E-state index in [2.05, 4.69) is 255 Å². The van der Waals surface area contributed by atoms with Gasteiger partial charge in [0.2, 0.25) is 0 Å². The van der Waals surface area contributed by atoms with Crippen LogP contribution in [0.3, 0.4) is 0 Å². The first-order valence-electron chi connectivity index (χ1n) is 25.7. The molecule has 10 aromatic carbocycles. The Labute approximate surface area is 424 Å². The Morgan fingerprint density at radius 3 is 1.79 bits per heavy atom. The van der Waals surface area contributed by atoms with Crippen LogP contribution in [-0.2, 0) is 16.2 Å². The van der Waals surface area contributed by atoms with Gasteiger partial charge in [0.05, 0.1) is 10.8 Å². The van der Waals surface area contributed by atoms with Crippen LogP contribution in [-0.4, -0.2) is 0 Å².